The second-order valence-corrected chi connectivity index (χ2v) is 6.26. The Kier molecular flexibility index (Phi) is 5.95. The summed E-state index contributed by atoms with van der Waals surface area (Å²) in [5.41, 5.74) is 0.0495. The molecule has 0 saturated carbocycles. The van der Waals surface area contributed by atoms with E-state index in [4.69, 9.17) is 9.29 Å². The van der Waals surface area contributed by atoms with Crippen molar-refractivity contribution in [2.45, 2.75) is 26.1 Å². The van der Waals surface area contributed by atoms with Crippen LogP contribution in [-0.2, 0) is 19.6 Å². The Morgan fingerprint density at radius 1 is 1.29 bits per heavy atom. The van der Waals surface area contributed by atoms with Crippen LogP contribution in [0.25, 0.3) is 0 Å². The van der Waals surface area contributed by atoms with E-state index in [1.165, 1.54) is 13.0 Å². The number of esters is 2. The zero-order valence-electron chi connectivity index (χ0n) is 12.5. The molecule has 1 aromatic carbocycles. The van der Waals surface area contributed by atoms with Gasteiger partial charge in [-0.3, -0.25) is 9.35 Å². The van der Waals surface area contributed by atoms with Crippen molar-refractivity contribution in [1.29, 1.82) is 0 Å². The molecule has 1 N–H and O–H groups in total. The Labute approximate surface area is 135 Å². The lowest BCUT2D eigenvalue weighted by molar-refractivity contribution is -0.197. The monoisotopic (exact) mass is 370 g/mol. The van der Waals surface area contributed by atoms with Gasteiger partial charge in [-0.1, -0.05) is 6.07 Å². The molecule has 0 aliphatic carbocycles. The summed E-state index contributed by atoms with van der Waals surface area (Å²) in [6, 6.07) is 3.41. The summed E-state index contributed by atoms with van der Waals surface area (Å²) in [6.45, 7) is 2.63. The molecule has 0 aromatic heterocycles. The molecule has 0 aliphatic rings. The molecule has 1 atom stereocenters. The molecule has 0 radical (unpaired) electrons. The van der Waals surface area contributed by atoms with Crippen LogP contribution in [0.4, 0.5) is 13.2 Å². The van der Waals surface area contributed by atoms with Gasteiger partial charge in [-0.15, -0.1) is 0 Å². The summed E-state index contributed by atoms with van der Waals surface area (Å²) in [7, 11) is -5.03. The summed E-state index contributed by atoms with van der Waals surface area (Å²) in [5.74, 6) is -4.09. The van der Waals surface area contributed by atoms with Gasteiger partial charge in [0.25, 0.3) is 10.1 Å². The maximum absolute atomic E-state index is 12.7. The van der Waals surface area contributed by atoms with Gasteiger partial charge >= 0.3 is 18.1 Å². The lowest BCUT2D eigenvalue weighted by Gasteiger charge is -2.19. The van der Waals surface area contributed by atoms with Crippen LogP contribution >= 0.6 is 0 Å². The number of hydrogen-bond acceptors (Lipinski definition) is 6. The number of carbonyl (C=O) groups is 2. The molecule has 0 aliphatic heterocycles. The summed E-state index contributed by atoms with van der Waals surface area (Å²) in [6.07, 6.45) is -8.24. The van der Waals surface area contributed by atoms with Gasteiger partial charge in [-0.05, 0) is 24.6 Å². The number of hydrogen-bond donors (Lipinski definition) is 1. The molecule has 11 heteroatoms. The van der Waals surface area contributed by atoms with Crippen molar-refractivity contribution in [1.82, 2.24) is 0 Å². The highest BCUT2D eigenvalue weighted by molar-refractivity contribution is 7.85. The van der Waals surface area contributed by atoms with Crippen LogP contribution in [0.3, 0.4) is 0 Å². The lowest BCUT2D eigenvalue weighted by atomic mass is 10.1. The number of benzene rings is 1. The van der Waals surface area contributed by atoms with Crippen LogP contribution in [0.2, 0.25) is 0 Å². The van der Waals surface area contributed by atoms with E-state index in [1.54, 1.807) is 0 Å². The zero-order chi connectivity index (χ0) is 18.7. The molecule has 0 amide bonds. The maximum atomic E-state index is 12.7. The van der Waals surface area contributed by atoms with E-state index in [9.17, 15) is 31.2 Å². The zero-order valence-corrected chi connectivity index (χ0v) is 13.3. The Bertz CT molecular complexity index is 740. The Morgan fingerprint density at radius 3 is 2.33 bits per heavy atom. The molecule has 0 fully saturated rings. The highest BCUT2D eigenvalue weighted by Crippen LogP contribution is 2.26. The third kappa shape index (κ3) is 6.16. The fraction of sp³-hybridized carbons (Fsp3) is 0.385. The minimum atomic E-state index is -5.20. The molecule has 1 aromatic rings. The average Bonchev–Trinajstić information content (AvgIpc) is 2.37. The minimum Gasteiger partial charge on any atom is -0.448 e. The molecule has 134 valence electrons. The SMILES string of the molecule is CC(=O)Oc1cc(C(=O)OC(CS(=O)(=O)O)C(F)(F)F)ccc1C. The van der Waals surface area contributed by atoms with E-state index in [0.717, 1.165) is 19.1 Å². The van der Waals surface area contributed by atoms with E-state index in [2.05, 4.69) is 4.74 Å². The molecule has 0 spiro atoms. The minimum absolute atomic E-state index is 0.0599. The smallest absolute Gasteiger partial charge is 0.426 e. The predicted octanol–water partition coefficient (Wildman–Crippen LogP) is 1.90. The number of halogens is 3. The molecule has 7 nitrogen and oxygen atoms in total. The average molecular weight is 370 g/mol. The molecular weight excluding hydrogens is 357 g/mol. The predicted molar refractivity (Wildman–Crippen MR) is 74.2 cm³/mol. The van der Waals surface area contributed by atoms with E-state index in [0.29, 0.717) is 5.56 Å². The highest BCUT2D eigenvalue weighted by atomic mass is 32.2. The second kappa shape index (κ2) is 7.18. The maximum Gasteiger partial charge on any atom is 0.426 e. The fourth-order valence-corrected chi connectivity index (χ4v) is 2.22. The molecule has 0 saturated heterocycles. The molecular formula is C13H13F3O7S. The van der Waals surface area contributed by atoms with E-state index in [-0.39, 0.29) is 11.3 Å². The van der Waals surface area contributed by atoms with Crippen LogP contribution < -0.4 is 4.74 Å². The van der Waals surface area contributed by atoms with Gasteiger partial charge in [0.1, 0.15) is 11.5 Å². The molecule has 1 rings (SSSR count). The van der Waals surface area contributed by atoms with Gasteiger partial charge in [0, 0.05) is 6.92 Å². The summed E-state index contributed by atoms with van der Waals surface area (Å²) in [5, 5.41) is 0. The van der Waals surface area contributed by atoms with Crippen LogP contribution in [-0.4, -0.2) is 42.9 Å². The summed E-state index contributed by atoms with van der Waals surface area (Å²) < 4.78 is 76.9. The molecule has 0 heterocycles. The lowest BCUT2D eigenvalue weighted by Crippen LogP contribution is -2.39. The second-order valence-electron chi connectivity index (χ2n) is 4.76. The number of carbonyl (C=O) groups excluding carboxylic acids is 2. The van der Waals surface area contributed by atoms with Gasteiger partial charge in [-0.2, -0.15) is 21.6 Å². The topological polar surface area (TPSA) is 107 Å². The molecule has 1 unspecified atom stereocenters. The van der Waals surface area contributed by atoms with Gasteiger partial charge in [-0.25, -0.2) is 4.79 Å². The fourth-order valence-electron chi connectivity index (χ4n) is 1.58. The van der Waals surface area contributed by atoms with Crippen molar-refractivity contribution in [3.8, 4) is 5.75 Å². The highest BCUT2D eigenvalue weighted by Gasteiger charge is 2.45. The molecule has 24 heavy (non-hydrogen) atoms. The first kappa shape index (κ1) is 19.9. The Balaban J connectivity index is 3.05. The van der Waals surface area contributed by atoms with Crippen molar-refractivity contribution in [3.63, 3.8) is 0 Å². The standard InChI is InChI=1S/C13H13F3O7S/c1-7-3-4-9(5-10(7)22-8(2)17)12(18)23-11(13(14,15)16)6-24(19,20)21/h3-5,11H,6H2,1-2H3,(H,19,20,21). The van der Waals surface area contributed by atoms with Gasteiger partial charge in [0.05, 0.1) is 5.56 Å². The molecule has 0 bridgehead atoms. The van der Waals surface area contributed by atoms with Crippen LogP contribution in [0, 0.1) is 6.92 Å². The van der Waals surface area contributed by atoms with Crippen molar-refractivity contribution >= 4 is 22.1 Å². The number of rotatable bonds is 5. The van der Waals surface area contributed by atoms with Crippen molar-refractivity contribution in [2.75, 3.05) is 5.75 Å². The number of alkyl halides is 3. The first-order chi connectivity index (χ1) is 10.8. The summed E-state index contributed by atoms with van der Waals surface area (Å²) in [4.78, 5) is 22.7. The Morgan fingerprint density at radius 2 is 1.88 bits per heavy atom. The number of ether oxygens (including phenoxy) is 2. The van der Waals surface area contributed by atoms with Gasteiger partial charge in [0.15, 0.2) is 0 Å². The van der Waals surface area contributed by atoms with Crippen molar-refractivity contribution in [3.05, 3.63) is 29.3 Å². The van der Waals surface area contributed by atoms with Crippen LogP contribution in [0.1, 0.15) is 22.8 Å². The first-order valence-electron chi connectivity index (χ1n) is 6.31. The van der Waals surface area contributed by atoms with Gasteiger partial charge in [0.2, 0.25) is 6.10 Å². The third-order valence-corrected chi connectivity index (χ3v) is 3.38. The van der Waals surface area contributed by atoms with Crippen molar-refractivity contribution in [2.24, 2.45) is 0 Å². The quantitative estimate of drug-likeness (QED) is 0.479. The van der Waals surface area contributed by atoms with Gasteiger partial charge < -0.3 is 9.47 Å². The summed E-state index contributed by atoms with van der Waals surface area (Å²) >= 11 is 0. The van der Waals surface area contributed by atoms with Crippen LogP contribution in [0.5, 0.6) is 5.75 Å². The normalized spacial score (nSPS) is 13.2. The number of aryl methyl sites for hydroxylation is 1. The van der Waals surface area contributed by atoms with E-state index >= 15 is 0 Å². The third-order valence-electron chi connectivity index (χ3n) is 2.65. The van der Waals surface area contributed by atoms with E-state index in [1.807, 2.05) is 0 Å². The van der Waals surface area contributed by atoms with E-state index < -0.39 is 40.1 Å². The largest absolute Gasteiger partial charge is 0.448 e. The van der Waals surface area contributed by atoms with Crippen molar-refractivity contribution < 1.29 is 45.2 Å². The Hall–Kier alpha value is -2.14. The van der Waals surface area contributed by atoms with Crippen LogP contribution in [0.15, 0.2) is 18.2 Å². The first-order valence-corrected chi connectivity index (χ1v) is 7.92.